The second kappa shape index (κ2) is 10.5. The fourth-order valence-corrected chi connectivity index (χ4v) is 4.29. The molecule has 0 saturated carbocycles. The minimum Gasteiger partial charge on any atom is -0.320 e. The smallest absolute Gasteiger partial charge is 0.0889 e. The van der Waals surface area contributed by atoms with Crippen molar-refractivity contribution in [2.75, 3.05) is 26.7 Å². The molecule has 0 aliphatic carbocycles. The molecule has 0 saturated heterocycles. The van der Waals surface area contributed by atoms with Crippen molar-refractivity contribution in [2.45, 2.75) is 32.7 Å². The number of unbranched alkanes of at least 4 members (excludes halogenated alkanes) is 1. The Morgan fingerprint density at radius 2 is 1.74 bits per heavy atom. The predicted octanol–water partition coefficient (Wildman–Crippen LogP) is 5.14. The molecule has 0 amide bonds. The van der Waals surface area contributed by atoms with Gasteiger partial charge in [0, 0.05) is 19.3 Å². The maximum atomic E-state index is 4.31. The first-order valence-electron chi connectivity index (χ1n) is 11.3. The van der Waals surface area contributed by atoms with Crippen molar-refractivity contribution in [3.8, 4) is 0 Å². The van der Waals surface area contributed by atoms with E-state index in [-0.39, 0.29) is 0 Å². The maximum Gasteiger partial charge on any atom is 0.0889 e. The molecular formula is C27H32N4. The van der Waals surface area contributed by atoms with Crippen molar-refractivity contribution in [2.24, 2.45) is 0 Å². The number of rotatable bonds is 5. The van der Waals surface area contributed by atoms with E-state index in [0.29, 0.717) is 0 Å². The molecular weight excluding hydrogens is 380 g/mol. The maximum absolute atomic E-state index is 4.31. The zero-order valence-corrected chi connectivity index (χ0v) is 18.6. The van der Waals surface area contributed by atoms with Gasteiger partial charge in [0.25, 0.3) is 0 Å². The van der Waals surface area contributed by atoms with Crippen LogP contribution in [-0.2, 0) is 13.0 Å². The SMILES string of the molecule is CNCCCCN1CCc2c(ccc3ccccc23)C1.Cc1cnc2ccccc2n1. The summed E-state index contributed by atoms with van der Waals surface area (Å²) >= 11 is 0. The molecule has 0 fully saturated rings. The standard InChI is InChI=1S/C18H24N2.C9H8N2/c1-19-11-4-5-12-20-13-10-18-16(14-20)9-8-15-6-2-3-7-17(15)18;1-7-6-10-8-4-2-3-5-9(8)11-7/h2-3,6-9,19H,4-5,10-14H2,1H3;2-6H,1H3. The van der Waals surface area contributed by atoms with Crippen LogP contribution >= 0.6 is 0 Å². The van der Waals surface area contributed by atoms with Crippen molar-refractivity contribution >= 4 is 21.8 Å². The first-order valence-corrected chi connectivity index (χ1v) is 11.3. The molecule has 0 atom stereocenters. The minimum absolute atomic E-state index is 0.957. The van der Waals surface area contributed by atoms with Gasteiger partial charge >= 0.3 is 0 Å². The van der Waals surface area contributed by atoms with Gasteiger partial charge in [-0.25, -0.2) is 4.98 Å². The van der Waals surface area contributed by atoms with Crippen LogP contribution in [0.5, 0.6) is 0 Å². The monoisotopic (exact) mass is 412 g/mol. The zero-order chi connectivity index (χ0) is 21.5. The first kappa shape index (κ1) is 21.4. The Morgan fingerprint density at radius 3 is 2.61 bits per heavy atom. The summed E-state index contributed by atoms with van der Waals surface area (Å²) < 4.78 is 0. The molecule has 2 heterocycles. The van der Waals surface area contributed by atoms with Crippen molar-refractivity contribution in [1.82, 2.24) is 20.2 Å². The molecule has 0 unspecified atom stereocenters. The van der Waals surface area contributed by atoms with Gasteiger partial charge in [0.15, 0.2) is 0 Å². The van der Waals surface area contributed by atoms with Gasteiger partial charge in [0.2, 0.25) is 0 Å². The Morgan fingerprint density at radius 1 is 0.935 bits per heavy atom. The molecule has 4 aromatic rings. The van der Waals surface area contributed by atoms with E-state index in [9.17, 15) is 0 Å². The Labute approximate surface area is 185 Å². The average molecular weight is 413 g/mol. The number of fused-ring (bicyclic) bond motifs is 4. The molecule has 1 aromatic heterocycles. The number of hydrogen-bond donors (Lipinski definition) is 1. The zero-order valence-electron chi connectivity index (χ0n) is 18.6. The molecule has 0 bridgehead atoms. The second-order valence-electron chi connectivity index (χ2n) is 8.26. The second-order valence-corrected chi connectivity index (χ2v) is 8.26. The molecule has 4 heteroatoms. The van der Waals surface area contributed by atoms with Crippen molar-refractivity contribution < 1.29 is 0 Å². The van der Waals surface area contributed by atoms with Crippen LogP contribution in [0, 0.1) is 6.92 Å². The molecule has 1 aliphatic heterocycles. The lowest BCUT2D eigenvalue weighted by molar-refractivity contribution is 0.249. The van der Waals surface area contributed by atoms with Crippen LogP contribution in [0.1, 0.15) is 29.7 Å². The summed E-state index contributed by atoms with van der Waals surface area (Å²) in [5, 5.41) is 6.06. The van der Waals surface area contributed by atoms with Crippen LogP contribution in [-0.4, -0.2) is 41.5 Å². The van der Waals surface area contributed by atoms with E-state index in [1.54, 1.807) is 11.8 Å². The molecule has 0 spiro atoms. The van der Waals surface area contributed by atoms with Crippen molar-refractivity contribution in [3.05, 3.63) is 83.7 Å². The molecule has 1 aliphatic rings. The number of aromatic nitrogens is 2. The fourth-order valence-electron chi connectivity index (χ4n) is 4.29. The lowest BCUT2D eigenvalue weighted by Crippen LogP contribution is -2.31. The summed E-state index contributed by atoms with van der Waals surface area (Å²) in [7, 11) is 2.03. The average Bonchev–Trinajstić information content (AvgIpc) is 2.82. The van der Waals surface area contributed by atoms with E-state index >= 15 is 0 Å². The van der Waals surface area contributed by atoms with E-state index in [0.717, 1.165) is 29.8 Å². The molecule has 3 aromatic carbocycles. The normalized spacial score (nSPS) is 13.6. The van der Waals surface area contributed by atoms with E-state index in [2.05, 4.69) is 56.6 Å². The highest BCUT2D eigenvalue weighted by Gasteiger charge is 2.17. The van der Waals surface area contributed by atoms with Crippen molar-refractivity contribution in [3.63, 3.8) is 0 Å². The number of nitrogens with zero attached hydrogens (tertiary/aromatic N) is 3. The molecule has 0 radical (unpaired) electrons. The topological polar surface area (TPSA) is 41.0 Å². The first-order chi connectivity index (χ1) is 15.2. The van der Waals surface area contributed by atoms with Crippen LogP contribution in [0.2, 0.25) is 0 Å². The third-order valence-corrected chi connectivity index (χ3v) is 5.93. The van der Waals surface area contributed by atoms with Gasteiger partial charge in [0.1, 0.15) is 0 Å². The van der Waals surface area contributed by atoms with Gasteiger partial charge in [-0.1, -0.05) is 48.5 Å². The molecule has 160 valence electrons. The Hall–Kier alpha value is -2.82. The quantitative estimate of drug-likeness (QED) is 0.461. The van der Waals surface area contributed by atoms with Crippen molar-refractivity contribution in [1.29, 1.82) is 0 Å². The molecule has 1 N–H and O–H groups in total. The van der Waals surface area contributed by atoms with Gasteiger partial charge < -0.3 is 5.32 Å². The van der Waals surface area contributed by atoms with E-state index in [1.165, 1.54) is 48.7 Å². The van der Waals surface area contributed by atoms with E-state index in [1.807, 2.05) is 38.2 Å². The molecule has 4 nitrogen and oxygen atoms in total. The number of benzene rings is 3. The molecule has 31 heavy (non-hydrogen) atoms. The van der Waals surface area contributed by atoms with Gasteiger partial charge in [-0.15, -0.1) is 0 Å². The Balaban J connectivity index is 0.000000177. The van der Waals surface area contributed by atoms with Gasteiger partial charge in [0.05, 0.1) is 16.7 Å². The van der Waals surface area contributed by atoms with Crippen LogP contribution < -0.4 is 5.32 Å². The fraction of sp³-hybridized carbons (Fsp3) is 0.333. The van der Waals surface area contributed by atoms with Gasteiger partial charge in [-0.3, -0.25) is 9.88 Å². The van der Waals surface area contributed by atoms with E-state index < -0.39 is 0 Å². The summed E-state index contributed by atoms with van der Waals surface area (Å²) in [4.78, 5) is 11.1. The van der Waals surface area contributed by atoms with E-state index in [4.69, 9.17) is 0 Å². The lowest BCUT2D eigenvalue weighted by Gasteiger charge is -2.29. The summed E-state index contributed by atoms with van der Waals surface area (Å²) in [5.41, 5.74) is 5.99. The number of aryl methyl sites for hydroxylation is 1. The minimum atomic E-state index is 0.957. The highest BCUT2D eigenvalue weighted by atomic mass is 15.1. The van der Waals surface area contributed by atoms with Crippen LogP contribution in [0.3, 0.4) is 0 Å². The summed E-state index contributed by atoms with van der Waals surface area (Å²) in [5.74, 6) is 0. The number of para-hydroxylation sites is 2. The largest absolute Gasteiger partial charge is 0.320 e. The lowest BCUT2D eigenvalue weighted by atomic mass is 9.93. The summed E-state index contributed by atoms with van der Waals surface area (Å²) in [6.07, 6.45) is 5.55. The number of nitrogens with one attached hydrogen (secondary N) is 1. The number of hydrogen-bond acceptors (Lipinski definition) is 4. The third-order valence-electron chi connectivity index (χ3n) is 5.93. The highest BCUT2D eigenvalue weighted by molar-refractivity contribution is 5.87. The van der Waals surface area contributed by atoms with Crippen LogP contribution in [0.15, 0.2) is 66.9 Å². The summed E-state index contributed by atoms with van der Waals surface area (Å²) in [6, 6.07) is 21.3. The van der Waals surface area contributed by atoms with Gasteiger partial charge in [-0.2, -0.15) is 0 Å². The Kier molecular flexibility index (Phi) is 7.23. The summed E-state index contributed by atoms with van der Waals surface area (Å²) in [6.45, 7) is 6.64. The van der Waals surface area contributed by atoms with Crippen LogP contribution in [0.25, 0.3) is 21.8 Å². The third kappa shape index (κ3) is 5.46. The van der Waals surface area contributed by atoms with Gasteiger partial charge in [-0.05, 0) is 80.4 Å². The van der Waals surface area contributed by atoms with Crippen LogP contribution in [0.4, 0.5) is 0 Å². The molecule has 5 rings (SSSR count). The Bertz CT molecular complexity index is 1140. The predicted molar refractivity (Wildman–Crippen MR) is 130 cm³/mol. The highest BCUT2D eigenvalue weighted by Crippen LogP contribution is 2.27.